The van der Waals surface area contributed by atoms with Gasteiger partial charge in [0.2, 0.25) is 5.91 Å². The molecule has 0 saturated heterocycles. The average molecular weight is 161 g/mol. The Morgan fingerprint density at radius 3 is 2.58 bits per heavy atom. The first-order valence-corrected chi connectivity index (χ1v) is 3.79. The molecule has 0 aliphatic rings. The van der Waals surface area contributed by atoms with Crippen molar-refractivity contribution in [2.75, 3.05) is 0 Å². The van der Waals surface area contributed by atoms with Crippen molar-refractivity contribution in [2.45, 2.75) is 6.42 Å². The van der Waals surface area contributed by atoms with Crippen LogP contribution in [0.15, 0.2) is 36.4 Å². The Labute approximate surface area is 71.7 Å². The van der Waals surface area contributed by atoms with Gasteiger partial charge >= 0.3 is 0 Å². The number of carbonyl (C=O) groups is 1. The molecule has 0 bridgehead atoms. The molecule has 62 valence electrons. The standard InChI is InChI=1S/C10H11NO/c11-10(12)8-4-7-9-5-2-1-3-6-9/h1-7H,8H2,(H2,11,12)/b7-4+. The third kappa shape index (κ3) is 3.01. The van der Waals surface area contributed by atoms with Crippen LogP contribution in [0.3, 0.4) is 0 Å². The molecular weight excluding hydrogens is 150 g/mol. The Morgan fingerprint density at radius 1 is 1.33 bits per heavy atom. The highest BCUT2D eigenvalue weighted by atomic mass is 16.1. The summed E-state index contributed by atoms with van der Waals surface area (Å²) in [7, 11) is 0. The molecule has 1 aromatic carbocycles. The van der Waals surface area contributed by atoms with Gasteiger partial charge in [0.25, 0.3) is 0 Å². The fourth-order valence-electron chi connectivity index (χ4n) is 0.875. The van der Waals surface area contributed by atoms with Crippen LogP contribution in [0.1, 0.15) is 12.0 Å². The Balaban J connectivity index is 2.52. The third-order valence-corrected chi connectivity index (χ3v) is 1.43. The van der Waals surface area contributed by atoms with Crippen LogP contribution in [0.2, 0.25) is 0 Å². The number of carbonyl (C=O) groups excluding carboxylic acids is 1. The van der Waals surface area contributed by atoms with Crippen molar-refractivity contribution in [2.24, 2.45) is 5.73 Å². The second-order valence-corrected chi connectivity index (χ2v) is 2.48. The van der Waals surface area contributed by atoms with Gasteiger partial charge in [-0.25, -0.2) is 0 Å². The van der Waals surface area contributed by atoms with Gasteiger partial charge in [0.15, 0.2) is 0 Å². The van der Waals surface area contributed by atoms with Crippen LogP contribution in [-0.2, 0) is 4.79 Å². The van der Waals surface area contributed by atoms with E-state index in [0.29, 0.717) is 6.42 Å². The summed E-state index contributed by atoms with van der Waals surface area (Å²) in [6.07, 6.45) is 3.94. The van der Waals surface area contributed by atoms with Crippen molar-refractivity contribution < 1.29 is 4.79 Å². The molecule has 0 radical (unpaired) electrons. The van der Waals surface area contributed by atoms with E-state index in [9.17, 15) is 4.79 Å². The fraction of sp³-hybridized carbons (Fsp3) is 0.100. The minimum Gasteiger partial charge on any atom is -0.369 e. The van der Waals surface area contributed by atoms with E-state index in [1.807, 2.05) is 36.4 Å². The monoisotopic (exact) mass is 161 g/mol. The summed E-state index contributed by atoms with van der Waals surface area (Å²) >= 11 is 0. The molecule has 0 atom stereocenters. The van der Waals surface area contributed by atoms with Crippen molar-refractivity contribution in [1.82, 2.24) is 0 Å². The third-order valence-electron chi connectivity index (χ3n) is 1.43. The van der Waals surface area contributed by atoms with Crippen molar-refractivity contribution >= 4 is 12.0 Å². The maximum Gasteiger partial charge on any atom is 0.221 e. The molecule has 0 saturated carbocycles. The van der Waals surface area contributed by atoms with Gasteiger partial charge in [-0.05, 0) is 5.56 Å². The maximum absolute atomic E-state index is 10.4. The largest absolute Gasteiger partial charge is 0.369 e. The van der Waals surface area contributed by atoms with Crippen LogP contribution in [0, 0.1) is 0 Å². The molecule has 1 amide bonds. The first-order chi connectivity index (χ1) is 5.79. The summed E-state index contributed by atoms with van der Waals surface area (Å²) in [5, 5.41) is 0. The minimum absolute atomic E-state index is 0.300. The summed E-state index contributed by atoms with van der Waals surface area (Å²) in [6.45, 7) is 0. The molecule has 0 aromatic heterocycles. The van der Waals surface area contributed by atoms with Crippen LogP contribution in [0.5, 0.6) is 0 Å². The molecular formula is C10H11NO. The van der Waals surface area contributed by atoms with Gasteiger partial charge in [0.1, 0.15) is 0 Å². The molecule has 0 unspecified atom stereocenters. The van der Waals surface area contributed by atoms with Crippen molar-refractivity contribution in [3.63, 3.8) is 0 Å². The second-order valence-electron chi connectivity index (χ2n) is 2.48. The highest BCUT2D eigenvalue weighted by Crippen LogP contribution is 2.01. The number of amides is 1. The van der Waals surface area contributed by atoms with Gasteiger partial charge < -0.3 is 5.73 Å². The lowest BCUT2D eigenvalue weighted by Crippen LogP contribution is -2.07. The molecule has 1 aromatic rings. The Hall–Kier alpha value is -1.57. The van der Waals surface area contributed by atoms with Gasteiger partial charge in [-0.15, -0.1) is 0 Å². The van der Waals surface area contributed by atoms with E-state index >= 15 is 0 Å². The van der Waals surface area contributed by atoms with Crippen molar-refractivity contribution in [3.05, 3.63) is 42.0 Å². The minimum atomic E-state index is -0.304. The quantitative estimate of drug-likeness (QED) is 0.718. The zero-order chi connectivity index (χ0) is 8.81. The summed E-state index contributed by atoms with van der Waals surface area (Å²) in [5.41, 5.74) is 6.05. The van der Waals surface area contributed by atoms with Crippen LogP contribution in [0.25, 0.3) is 6.08 Å². The molecule has 12 heavy (non-hydrogen) atoms. The van der Waals surface area contributed by atoms with Gasteiger partial charge in [0.05, 0.1) is 0 Å². The zero-order valence-corrected chi connectivity index (χ0v) is 6.73. The number of hydrogen-bond acceptors (Lipinski definition) is 1. The van der Waals surface area contributed by atoms with Crippen molar-refractivity contribution in [1.29, 1.82) is 0 Å². The summed E-state index contributed by atoms with van der Waals surface area (Å²) < 4.78 is 0. The van der Waals surface area contributed by atoms with Gasteiger partial charge in [-0.3, -0.25) is 4.79 Å². The zero-order valence-electron chi connectivity index (χ0n) is 6.73. The predicted molar refractivity (Wildman–Crippen MR) is 49.3 cm³/mol. The molecule has 0 heterocycles. The Morgan fingerprint density at radius 2 is 2.00 bits per heavy atom. The predicted octanol–water partition coefficient (Wildman–Crippen LogP) is 1.58. The Bertz CT molecular complexity index is 277. The number of nitrogens with two attached hydrogens (primary N) is 1. The molecule has 1 rings (SSSR count). The van der Waals surface area contributed by atoms with Crippen LogP contribution in [-0.4, -0.2) is 5.91 Å². The fourth-order valence-corrected chi connectivity index (χ4v) is 0.875. The first-order valence-electron chi connectivity index (χ1n) is 3.79. The maximum atomic E-state index is 10.4. The van der Waals surface area contributed by atoms with Crippen LogP contribution in [0.4, 0.5) is 0 Å². The summed E-state index contributed by atoms with van der Waals surface area (Å²) in [5.74, 6) is -0.304. The number of primary amides is 1. The van der Waals surface area contributed by atoms with E-state index in [4.69, 9.17) is 5.73 Å². The molecule has 0 aliphatic carbocycles. The average Bonchev–Trinajstić information content (AvgIpc) is 2.05. The molecule has 0 spiro atoms. The highest BCUT2D eigenvalue weighted by molar-refractivity contribution is 5.76. The number of benzene rings is 1. The van der Waals surface area contributed by atoms with E-state index < -0.39 is 0 Å². The Kier molecular flexibility index (Phi) is 3.08. The van der Waals surface area contributed by atoms with E-state index in [-0.39, 0.29) is 5.91 Å². The number of hydrogen-bond donors (Lipinski definition) is 1. The normalized spacial score (nSPS) is 10.3. The molecule has 2 N–H and O–H groups in total. The second kappa shape index (κ2) is 4.34. The lowest BCUT2D eigenvalue weighted by Gasteiger charge is -1.89. The first kappa shape index (κ1) is 8.53. The topological polar surface area (TPSA) is 43.1 Å². The van der Waals surface area contributed by atoms with E-state index in [1.54, 1.807) is 6.08 Å². The van der Waals surface area contributed by atoms with Gasteiger partial charge in [0, 0.05) is 6.42 Å². The van der Waals surface area contributed by atoms with Crippen LogP contribution < -0.4 is 5.73 Å². The smallest absolute Gasteiger partial charge is 0.221 e. The summed E-state index contributed by atoms with van der Waals surface area (Å²) in [6, 6.07) is 9.79. The van der Waals surface area contributed by atoms with E-state index in [0.717, 1.165) is 5.56 Å². The molecule has 0 fully saturated rings. The van der Waals surface area contributed by atoms with Crippen LogP contribution >= 0.6 is 0 Å². The SMILES string of the molecule is NC(=O)C/C=C/c1ccccc1. The lowest BCUT2D eigenvalue weighted by molar-refractivity contribution is -0.117. The van der Waals surface area contributed by atoms with E-state index in [1.165, 1.54) is 0 Å². The van der Waals surface area contributed by atoms with Gasteiger partial charge in [-0.2, -0.15) is 0 Å². The summed E-state index contributed by atoms with van der Waals surface area (Å²) in [4.78, 5) is 10.4. The highest BCUT2D eigenvalue weighted by Gasteiger charge is 1.86. The number of rotatable bonds is 3. The lowest BCUT2D eigenvalue weighted by atomic mass is 10.2. The van der Waals surface area contributed by atoms with E-state index in [2.05, 4.69) is 0 Å². The van der Waals surface area contributed by atoms with Gasteiger partial charge in [-0.1, -0.05) is 42.5 Å². The molecule has 0 aliphatic heterocycles. The molecule has 2 nitrogen and oxygen atoms in total. The van der Waals surface area contributed by atoms with Crippen molar-refractivity contribution in [3.8, 4) is 0 Å². The molecule has 2 heteroatoms.